The van der Waals surface area contributed by atoms with E-state index in [2.05, 4.69) is 12.1 Å². The molecular weight excluding hydrogens is 324 g/mol. The molecule has 0 aliphatic heterocycles. The molecule has 0 aliphatic rings. The summed E-state index contributed by atoms with van der Waals surface area (Å²) in [5, 5.41) is 1.85. The van der Waals surface area contributed by atoms with Gasteiger partial charge >= 0.3 is 0 Å². The average molecular weight is 343 g/mol. The fourth-order valence-corrected chi connectivity index (χ4v) is 2.98. The molecule has 1 aromatic heterocycles. The molecular formula is C19H19ClN2O2. The minimum Gasteiger partial charge on any atom is -0.491 e. The van der Waals surface area contributed by atoms with E-state index in [0.29, 0.717) is 33.8 Å². The van der Waals surface area contributed by atoms with Gasteiger partial charge in [-0.3, -0.25) is 4.79 Å². The number of nitrogens with zero attached hydrogens (tertiary/aromatic N) is 1. The second kappa shape index (κ2) is 7.07. The van der Waals surface area contributed by atoms with Crippen LogP contribution in [0.1, 0.15) is 11.3 Å². The SMILES string of the molecule is Cn1c(CN)c(OCCc2ccccc2)c2cc(Cl)ccc2c1=O. The lowest BCUT2D eigenvalue weighted by molar-refractivity contribution is 0.318. The standard InChI is InChI=1S/C19H19ClN2O2/c1-22-17(12-21)18(24-10-9-13-5-3-2-4-6-13)16-11-14(20)7-8-15(16)19(22)23/h2-8,11H,9-10,12,21H2,1H3. The molecule has 3 aromatic rings. The van der Waals surface area contributed by atoms with Crippen molar-refractivity contribution in [2.75, 3.05) is 6.61 Å². The van der Waals surface area contributed by atoms with Crippen molar-refractivity contribution in [1.82, 2.24) is 4.57 Å². The summed E-state index contributed by atoms with van der Waals surface area (Å²) in [6.07, 6.45) is 0.774. The van der Waals surface area contributed by atoms with E-state index >= 15 is 0 Å². The highest BCUT2D eigenvalue weighted by molar-refractivity contribution is 6.31. The molecule has 0 bridgehead atoms. The van der Waals surface area contributed by atoms with Gasteiger partial charge in [0.1, 0.15) is 5.75 Å². The molecule has 0 radical (unpaired) electrons. The van der Waals surface area contributed by atoms with Gasteiger partial charge in [-0.05, 0) is 23.8 Å². The fraction of sp³-hybridized carbons (Fsp3) is 0.211. The summed E-state index contributed by atoms with van der Waals surface area (Å²) >= 11 is 6.11. The van der Waals surface area contributed by atoms with Crippen LogP contribution in [0.3, 0.4) is 0 Å². The molecule has 1 heterocycles. The lowest BCUT2D eigenvalue weighted by atomic mass is 10.1. The Bertz CT molecular complexity index is 920. The van der Waals surface area contributed by atoms with Crippen LogP contribution in [-0.4, -0.2) is 11.2 Å². The van der Waals surface area contributed by atoms with Crippen molar-refractivity contribution in [3.05, 3.63) is 75.2 Å². The minimum absolute atomic E-state index is 0.0995. The van der Waals surface area contributed by atoms with Gasteiger partial charge in [0.2, 0.25) is 0 Å². The van der Waals surface area contributed by atoms with E-state index in [-0.39, 0.29) is 12.1 Å². The van der Waals surface area contributed by atoms with Crippen LogP contribution in [0.25, 0.3) is 10.8 Å². The summed E-state index contributed by atoms with van der Waals surface area (Å²) in [7, 11) is 1.71. The molecule has 5 heteroatoms. The lowest BCUT2D eigenvalue weighted by Crippen LogP contribution is -2.24. The molecule has 0 saturated heterocycles. The first-order chi connectivity index (χ1) is 11.6. The summed E-state index contributed by atoms with van der Waals surface area (Å²) in [5.74, 6) is 0.632. The van der Waals surface area contributed by atoms with Crippen molar-refractivity contribution in [2.24, 2.45) is 12.8 Å². The maximum absolute atomic E-state index is 12.5. The number of hydrogen-bond donors (Lipinski definition) is 1. The van der Waals surface area contributed by atoms with Crippen LogP contribution in [0, 0.1) is 0 Å². The molecule has 2 aromatic carbocycles. The van der Waals surface area contributed by atoms with Crippen LogP contribution in [0.15, 0.2) is 53.3 Å². The summed E-state index contributed by atoms with van der Waals surface area (Å²) in [6.45, 7) is 0.714. The van der Waals surface area contributed by atoms with E-state index < -0.39 is 0 Å². The Hall–Kier alpha value is -2.30. The van der Waals surface area contributed by atoms with E-state index in [0.717, 1.165) is 6.42 Å². The van der Waals surface area contributed by atoms with Crippen molar-refractivity contribution >= 4 is 22.4 Å². The number of fused-ring (bicyclic) bond motifs is 1. The molecule has 0 saturated carbocycles. The Morgan fingerprint density at radius 1 is 1.12 bits per heavy atom. The van der Waals surface area contributed by atoms with E-state index in [4.69, 9.17) is 22.1 Å². The molecule has 2 N–H and O–H groups in total. The third-order valence-corrected chi connectivity index (χ3v) is 4.34. The molecule has 0 aliphatic carbocycles. The van der Waals surface area contributed by atoms with Gasteiger partial charge in [0.15, 0.2) is 0 Å². The molecule has 0 spiro atoms. The maximum atomic E-state index is 12.5. The molecule has 4 nitrogen and oxygen atoms in total. The van der Waals surface area contributed by atoms with Crippen LogP contribution >= 0.6 is 11.6 Å². The highest BCUT2D eigenvalue weighted by atomic mass is 35.5. The van der Waals surface area contributed by atoms with E-state index in [1.165, 1.54) is 5.56 Å². The van der Waals surface area contributed by atoms with Crippen LogP contribution in [0.4, 0.5) is 0 Å². The Morgan fingerprint density at radius 3 is 2.58 bits per heavy atom. The first kappa shape index (κ1) is 16.6. The average Bonchev–Trinajstić information content (AvgIpc) is 2.60. The van der Waals surface area contributed by atoms with Crippen LogP contribution in [-0.2, 0) is 20.0 Å². The molecule has 3 rings (SSSR count). The zero-order valence-corrected chi connectivity index (χ0v) is 14.2. The van der Waals surface area contributed by atoms with Gasteiger partial charge < -0.3 is 15.0 Å². The number of halogens is 1. The quantitative estimate of drug-likeness (QED) is 0.774. The molecule has 0 fully saturated rings. The number of aromatic nitrogens is 1. The second-order valence-electron chi connectivity index (χ2n) is 5.62. The number of rotatable bonds is 5. The summed E-state index contributed by atoms with van der Waals surface area (Å²) in [6, 6.07) is 15.3. The normalized spacial score (nSPS) is 11.0. The predicted molar refractivity (Wildman–Crippen MR) is 97.7 cm³/mol. The summed E-state index contributed by atoms with van der Waals surface area (Å²) in [5.41, 5.74) is 7.62. The monoisotopic (exact) mass is 342 g/mol. The number of hydrogen-bond acceptors (Lipinski definition) is 3. The van der Waals surface area contributed by atoms with Gasteiger partial charge in [-0.25, -0.2) is 0 Å². The largest absolute Gasteiger partial charge is 0.491 e. The molecule has 0 amide bonds. The number of pyridine rings is 1. The van der Waals surface area contributed by atoms with Crippen LogP contribution in [0.5, 0.6) is 5.75 Å². The Morgan fingerprint density at radius 2 is 1.88 bits per heavy atom. The maximum Gasteiger partial charge on any atom is 0.258 e. The van der Waals surface area contributed by atoms with Crippen molar-refractivity contribution in [1.29, 1.82) is 0 Å². The zero-order valence-electron chi connectivity index (χ0n) is 13.5. The molecule has 24 heavy (non-hydrogen) atoms. The van der Waals surface area contributed by atoms with Crippen LogP contribution < -0.4 is 16.0 Å². The predicted octanol–water partition coefficient (Wildman–Crippen LogP) is 3.27. The highest BCUT2D eigenvalue weighted by Gasteiger charge is 2.15. The van der Waals surface area contributed by atoms with Gasteiger partial charge in [-0.1, -0.05) is 41.9 Å². The second-order valence-corrected chi connectivity index (χ2v) is 6.05. The Balaban J connectivity index is 2.00. The fourth-order valence-electron chi connectivity index (χ4n) is 2.81. The summed E-state index contributed by atoms with van der Waals surface area (Å²) < 4.78 is 7.59. The Labute approximate surface area is 145 Å². The summed E-state index contributed by atoms with van der Waals surface area (Å²) in [4.78, 5) is 12.5. The first-order valence-electron chi connectivity index (χ1n) is 7.79. The van der Waals surface area contributed by atoms with E-state index in [1.54, 1.807) is 29.8 Å². The first-order valence-corrected chi connectivity index (χ1v) is 8.17. The zero-order chi connectivity index (χ0) is 17.1. The topological polar surface area (TPSA) is 57.2 Å². The van der Waals surface area contributed by atoms with E-state index in [1.807, 2.05) is 18.2 Å². The Kier molecular flexibility index (Phi) is 4.88. The van der Waals surface area contributed by atoms with Gasteiger partial charge in [0, 0.05) is 30.4 Å². The lowest BCUT2D eigenvalue weighted by Gasteiger charge is -2.17. The number of benzene rings is 2. The third-order valence-electron chi connectivity index (χ3n) is 4.10. The number of nitrogens with two attached hydrogens (primary N) is 1. The smallest absolute Gasteiger partial charge is 0.258 e. The van der Waals surface area contributed by atoms with Gasteiger partial charge in [0.05, 0.1) is 17.7 Å². The van der Waals surface area contributed by atoms with Gasteiger partial charge in [-0.2, -0.15) is 0 Å². The van der Waals surface area contributed by atoms with Crippen molar-refractivity contribution in [2.45, 2.75) is 13.0 Å². The number of ether oxygens (including phenoxy) is 1. The highest BCUT2D eigenvalue weighted by Crippen LogP contribution is 2.29. The molecule has 124 valence electrons. The van der Waals surface area contributed by atoms with E-state index in [9.17, 15) is 4.79 Å². The van der Waals surface area contributed by atoms with Crippen molar-refractivity contribution in [3.63, 3.8) is 0 Å². The van der Waals surface area contributed by atoms with Gasteiger partial charge in [-0.15, -0.1) is 0 Å². The van der Waals surface area contributed by atoms with Gasteiger partial charge in [0.25, 0.3) is 5.56 Å². The molecule has 0 atom stereocenters. The van der Waals surface area contributed by atoms with Crippen molar-refractivity contribution in [3.8, 4) is 5.75 Å². The third kappa shape index (κ3) is 3.16. The molecule has 0 unspecified atom stereocenters. The minimum atomic E-state index is -0.0995. The van der Waals surface area contributed by atoms with Crippen LogP contribution in [0.2, 0.25) is 5.02 Å². The van der Waals surface area contributed by atoms with Crippen molar-refractivity contribution < 1.29 is 4.74 Å².